The first kappa shape index (κ1) is 25.7. The van der Waals surface area contributed by atoms with E-state index in [1.807, 2.05) is 5.32 Å². The molecule has 0 radical (unpaired) electrons. The number of nitrogens with two attached hydrogens (primary N) is 3. The van der Waals surface area contributed by atoms with Crippen LogP contribution in [0.5, 0.6) is 0 Å². The van der Waals surface area contributed by atoms with Gasteiger partial charge in [0.1, 0.15) is 18.1 Å². The first-order valence-corrected chi connectivity index (χ1v) is 8.46. The number of nitrogens with one attached hydrogen (secondary N) is 3. The molecule has 0 aliphatic carbocycles. The Bertz CT molecular complexity index is 653. The van der Waals surface area contributed by atoms with Crippen molar-refractivity contribution in [2.75, 3.05) is 6.61 Å². The van der Waals surface area contributed by atoms with Crippen molar-refractivity contribution in [2.24, 2.45) is 17.2 Å². The molecular formula is C15H26N6O8. The topological polar surface area (TPSA) is 257 Å². The maximum atomic E-state index is 12.4. The van der Waals surface area contributed by atoms with Crippen molar-refractivity contribution in [2.45, 2.75) is 50.4 Å². The fourth-order valence-corrected chi connectivity index (χ4v) is 2.00. The molecular weight excluding hydrogens is 392 g/mol. The van der Waals surface area contributed by atoms with Gasteiger partial charge in [-0.25, -0.2) is 4.79 Å². The molecule has 4 atom stereocenters. The number of rotatable bonds is 13. The zero-order chi connectivity index (χ0) is 22.7. The summed E-state index contributed by atoms with van der Waals surface area (Å²) in [6.07, 6.45) is -1.26. The molecule has 0 aliphatic heterocycles. The number of hydrogen-bond donors (Lipinski definition) is 8. The van der Waals surface area contributed by atoms with Crippen LogP contribution >= 0.6 is 0 Å². The summed E-state index contributed by atoms with van der Waals surface area (Å²) in [6.45, 7) is 0.408. The van der Waals surface area contributed by atoms with Gasteiger partial charge in [0, 0.05) is 6.42 Å². The van der Waals surface area contributed by atoms with Gasteiger partial charge in [0.15, 0.2) is 0 Å². The lowest BCUT2D eigenvalue weighted by Crippen LogP contribution is -2.58. The molecule has 4 unspecified atom stereocenters. The summed E-state index contributed by atoms with van der Waals surface area (Å²) in [6, 6.07) is -5.59. The molecule has 14 nitrogen and oxygen atoms in total. The lowest BCUT2D eigenvalue weighted by atomic mass is 10.1. The van der Waals surface area contributed by atoms with E-state index >= 15 is 0 Å². The third kappa shape index (κ3) is 10.0. The van der Waals surface area contributed by atoms with Gasteiger partial charge in [-0.15, -0.1) is 0 Å². The Morgan fingerprint density at radius 2 is 1.31 bits per heavy atom. The molecule has 0 aromatic rings. The van der Waals surface area contributed by atoms with E-state index in [0.717, 1.165) is 0 Å². The fraction of sp³-hybridized carbons (Fsp3) is 0.600. The number of carboxylic acid groups (broad SMARTS) is 1. The predicted octanol–water partition coefficient (Wildman–Crippen LogP) is -4.99. The van der Waals surface area contributed by atoms with Crippen molar-refractivity contribution in [1.82, 2.24) is 16.0 Å². The van der Waals surface area contributed by atoms with E-state index in [2.05, 4.69) is 10.6 Å². The highest BCUT2D eigenvalue weighted by Gasteiger charge is 2.30. The summed E-state index contributed by atoms with van der Waals surface area (Å²) in [5.41, 5.74) is 15.5. The van der Waals surface area contributed by atoms with Gasteiger partial charge in [0.25, 0.3) is 0 Å². The number of primary amides is 2. The Kier molecular flexibility index (Phi) is 10.9. The van der Waals surface area contributed by atoms with Gasteiger partial charge >= 0.3 is 5.97 Å². The number of carbonyl (C=O) groups is 6. The van der Waals surface area contributed by atoms with Crippen LogP contribution in [0.3, 0.4) is 0 Å². The molecule has 0 aliphatic rings. The number of aliphatic hydroxyl groups is 1. The maximum Gasteiger partial charge on any atom is 0.328 e. The number of hydrogen-bond acceptors (Lipinski definition) is 8. The first-order chi connectivity index (χ1) is 13.4. The third-order valence-corrected chi connectivity index (χ3v) is 3.56. The summed E-state index contributed by atoms with van der Waals surface area (Å²) in [5, 5.41) is 24.3. The Morgan fingerprint density at radius 3 is 1.72 bits per heavy atom. The molecule has 0 aromatic carbocycles. The molecule has 5 amide bonds. The van der Waals surface area contributed by atoms with Crippen LogP contribution in [0.2, 0.25) is 0 Å². The number of carboxylic acids is 1. The summed E-state index contributed by atoms with van der Waals surface area (Å²) >= 11 is 0. The van der Waals surface area contributed by atoms with Gasteiger partial charge in [-0.05, 0) is 13.3 Å². The number of amides is 5. The zero-order valence-electron chi connectivity index (χ0n) is 15.7. The SMILES string of the molecule is CC(N)C(=O)NC(CC(N)=O)C(=O)NC(CCC(N)=O)C(=O)NC(CO)C(=O)O. The standard InChI is InChI=1S/C15H26N6O8/c1-6(16)12(25)20-8(4-11(18)24)14(27)19-7(2-3-10(17)23)13(26)21-9(5-22)15(28)29/h6-9,22H,2-5,16H2,1H3,(H2,17,23)(H2,18,24)(H,19,27)(H,20,25)(H,21,26)(H,28,29). The van der Waals surface area contributed by atoms with E-state index in [0.29, 0.717) is 0 Å². The monoisotopic (exact) mass is 418 g/mol. The third-order valence-electron chi connectivity index (χ3n) is 3.56. The molecule has 11 N–H and O–H groups in total. The minimum atomic E-state index is -1.66. The summed E-state index contributed by atoms with van der Waals surface area (Å²) < 4.78 is 0. The van der Waals surface area contributed by atoms with Crippen molar-refractivity contribution in [3.05, 3.63) is 0 Å². The van der Waals surface area contributed by atoms with Crippen molar-refractivity contribution >= 4 is 35.5 Å². The Hall–Kier alpha value is -3.26. The van der Waals surface area contributed by atoms with E-state index < -0.39 is 72.7 Å². The molecule has 0 aromatic heterocycles. The molecule has 164 valence electrons. The normalized spacial score (nSPS) is 14.6. The van der Waals surface area contributed by atoms with Crippen LogP contribution in [0.4, 0.5) is 0 Å². The van der Waals surface area contributed by atoms with Crippen LogP contribution in [-0.4, -0.2) is 76.5 Å². The first-order valence-electron chi connectivity index (χ1n) is 8.46. The second-order valence-electron chi connectivity index (χ2n) is 6.17. The quantitative estimate of drug-likeness (QED) is 0.142. The zero-order valence-corrected chi connectivity index (χ0v) is 15.7. The second-order valence-corrected chi connectivity index (χ2v) is 6.17. The van der Waals surface area contributed by atoms with Crippen molar-refractivity contribution in [3.63, 3.8) is 0 Å². The molecule has 0 saturated carbocycles. The lowest BCUT2D eigenvalue weighted by molar-refractivity contribution is -0.143. The van der Waals surface area contributed by atoms with Crippen molar-refractivity contribution in [1.29, 1.82) is 0 Å². The lowest BCUT2D eigenvalue weighted by Gasteiger charge is -2.24. The Morgan fingerprint density at radius 1 is 0.828 bits per heavy atom. The Labute approximate surface area is 165 Å². The molecule has 29 heavy (non-hydrogen) atoms. The van der Waals surface area contributed by atoms with E-state index in [1.54, 1.807) is 0 Å². The van der Waals surface area contributed by atoms with Crippen LogP contribution in [0.1, 0.15) is 26.2 Å². The summed E-state index contributed by atoms with van der Waals surface area (Å²) in [4.78, 5) is 69.6. The van der Waals surface area contributed by atoms with E-state index in [1.165, 1.54) is 6.92 Å². The average molecular weight is 418 g/mol. The molecule has 0 spiro atoms. The Balaban J connectivity index is 5.42. The van der Waals surface area contributed by atoms with Crippen molar-refractivity contribution in [3.8, 4) is 0 Å². The highest BCUT2D eigenvalue weighted by atomic mass is 16.4. The summed E-state index contributed by atoms with van der Waals surface area (Å²) in [5.74, 6) is -6.06. The molecule has 0 heterocycles. The van der Waals surface area contributed by atoms with Gasteiger partial charge < -0.3 is 43.4 Å². The van der Waals surface area contributed by atoms with Gasteiger partial charge in [-0.3, -0.25) is 24.0 Å². The smallest absolute Gasteiger partial charge is 0.328 e. The molecule has 14 heteroatoms. The summed E-state index contributed by atoms with van der Waals surface area (Å²) in [7, 11) is 0. The average Bonchev–Trinajstić information content (AvgIpc) is 2.60. The highest BCUT2D eigenvalue weighted by molar-refractivity contribution is 5.96. The molecule has 0 bridgehead atoms. The molecule has 0 saturated heterocycles. The van der Waals surface area contributed by atoms with Crippen LogP contribution in [0.25, 0.3) is 0 Å². The largest absolute Gasteiger partial charge is 0.480 e. The van der Waals surface area contributed by atoms with Crippen LogP contribution in [-0.2, 0) is 28.8 Å². The van der Waals surface area contributed by atoms with E-state index in [4.69, 9.17) is 27.4 Å². The fourth-order valence-electron chi connectivity index (χ4n) is 2.00. The maximum absolute atomic E-state index is 12.4. The van der Waals surface area contributed by atoms with Crippen LogP contribution in [0, 0.1) is 0 Å². The number of aliphatic carboxylic acids is 1. The minimum Gasteiger partial charge on any atom is -0.480 e. The van der Waals surface area contributed by atoms with Gasteiger partial charge in [0.05, 0.1) is 19.1 Å². The number of carbonyl (C=O) groups excluding carboxylic acids is 5. The minimum absolute atomic E-state index is 0.310. The van der Waals surface area contributed by atoms with Crippen LogP contribution < -0.4 is 33.2 Å². The second kappa shape index (κ2) is 12.2. The van der Waals surface area contributed by atoms with Gasteiger partial charge in [0.2, 0.25) is 29.5 Å². The van der Waals surface area contributed by atoms with E-state index in [-0.39, 0.29) is 12.8 Å². The van der Waals surface area contributed by atoms with E-state index in [9.17, 15) is 28.8 Å². The highest BCUT2D eigenvalue weighted by Crippen LogP contribution is 2.02. The van der Waals surface area contributed by atoms with Gasteiger partial charge in [-0.1, -0.05) is 0 Å². The predicted molar refractivity (Wildman–Crippen MR) is 96.4 cm³/mol. The van der Waals surface area contributed by atoms with Gasteiger partial charge in [-0.2, -0.15) is 0 Å². The molecule has 0 fully saturated rings. The number of aliphatic hydroxyl groups excluding tert-OH is 1. The molecule has 0 rings (SSSR count). The van der Waals surface area contributed by atoms with Crippen LogP contribution in [0.15, 0.2) is 0 Å². The van der Waals surface area contributed by atoms with Crippen molar-refractivity contribution < 1.29 is 39.0 Å².